The Morgan fingerprint density at radius 3 is 1.60 bits per heavy atom. The molecule has 0 aliphatic rings. The molecule has 0 fully saturated rings. The predicted octanol–water partition coefficient (Wildman–Crippen LogP) is -2.15. The maximum Gasteiger partial charge on any atom is 2.00 e. The molecule has 0 unspecified atom stereocenters. The van der Waals surface area contributed by atoms with Crippen molar-refractivity contribution in [3.05, 3.63) is 6.92 Å². The molecule has 0 aliphatic carbocycles. The van der Waals surface area contributed by atoms with Crippen molar-refractivity contribution < 1.29 is 17.0 Å². The Kier molecular flexibility index (Phi) is 61.2. The smallest absolute Gasteiger partial charge is 1.00 e. The quantitative estimate of drug-likeness (QED) is 0.271. The fraction of sp³-hybridized carbons (Fsp3) is 0.667. The molecule has 0 bridgehead atoms. The van der Waals surface area contributed by atoms with E-state index in [4.69, 9.17) is 0 Å². The van der Waals surface area contributed by atoms with Crippen LogP contribution in [0.25, 0.3) is 0 Å². The molecule has 0 saturated carbocycles. The Morgan fingerprint density at radius 1 is 1.60 bits per heavy atom. The number of hydrogen-bond acceptors (Lipinski definition) is 0. The monoisotopic (exact) mass is 146 g/mol. The van der Waals surface area contributed by atoms with Gasteiger partial charge in [-0.05, 0) is 0 Å². The van der Waals surface area contributed by atoms with Crippen LogP contribution in [0, 0.1) is 6.92 Å². The van der Waals surface area contributed by atoms with Crippen LogP contribution >= 0.6 is 0 Å². The molecule has 0 aromatic rings. The molecular formula is C3H7BrMg. The van der Waals surface area contributed by atoms with Crippen molar-refractivity contribution in [2.45, 2.75) is 13.3 Å². The van der Waals surface area contributed by atoms with Gasteiger partial charge in [0.2, 0.25) is 0 Å². The van der Waals surface area contributed by atoms with Gasteiger partial charge in [-0.3, -0.25) is 0 Å². The minimum Gasteiger partial charge on any atom is -1.00 e. The topological polar surface area (TPSA) is 0 Å². The Balaban J connectivity index is -0.0000000200. The third-order valence-electron chi connectivity index (χ3n) is 0. The average molecular weight is 147 g/mol. The van der Waals surface area contributed by atoms with Crippen LogP contribution in [0.2, 0.25) is 0 Å². The van der Waals surface area contributed by atoms with Crippen LogP contribution in [-0.4, -0.2) is 23.1 Å². The minimum absolute atomic E-state index is 0. The maximum atomic E-state index is 3.49. The summed E-state index contributed by atoms with van der Waals surface area (Å²) < 4.78 is 0. The predicted molar refractivity (Wildman–Crippen MR) is 21.4 cm³/mol. The molecule has 2 heteroatoms. The van der Waals surface area contributed by atoms with E-state index < -0.39 is 0 Å². The summed E-state index contributed by atoms with van der Waals surface area (Å²) in [7, 11) is 0. The molecule has 0 aromatic carbocycles. The van der Waals surface area contributed by atoms with Crippen molar-refractivity contribution in [1.82, 2.24) is 0 Å². The van der Waals surface area contributed by atoms with Gasteiger partial charge in [-0.1, -0.05) is 6.92 Å². The second-order valence-electron chi connectivity index (χ2n) is 0.500. The molecule has 0 saturated heterocycles. The molecule has 0 aromatic heterocycles. The molecule has 28 valence electrons. The van der Waals surface area contributed by atoms with Crippen LogP contribution in [0.1, 0.15) is 13.3 Å². The number of halogens is 1. The molecule has 0 radical (unpaired) electrons. The van der Waals surface area contributed by atoms with E-state index in [9.17, 15) is 0 Å². The van der Waals surface area contributed by atoms with Crippen molar-refractivity contribution in [3.8, 4) is 0 Å². The number of hydrogen-bond donors (Lipinski definition) is 0. The van der Waals surface area contributed by atoms with E-state index in [-0.39, 0.29) is 40.0 Å². The van der Waals surface area contributed by atoms with Gasteiger partial charge in [-0.2, -0.15) is 6.42 Å². The van der Waals surface area contributed by atoms with Gasteiger partial charge in [0.15, 0.2) is 0 Å². The Morgan fingerprint density at radius 2 is 1.60 bits per heavy atom. The van der Waals surface area contributed by atoms with Crippen molar-refractivity contribution >= 4 is 23.1 Å². The maximum absolute atomic E-state index is 3.49. The number of rotatable bonds is 0. The molecule has 0 atom stereocenters. The molecule has 0 aliphatic heterocycles. The van der Waals surface area contributed by atoms with E-state index in [1.807, 2.05) is 6.92 Å². The summed E-state index contributed by atoms with van der Waals surface area (Å²) in [5, 5.41) is 0. The minimum atomic E-state index is 0. The van der Waals surface area contributed by atoms with Crippen molar-refractivity contribution in [2.24, 2.45) is 0 Å². The first kappa shape index (κ1) is 16.3. The van der Waals surface area contributed by atoms with Crippen LogP contribution in [0.5, 0.6) is 0 Å². The zero-order valence-corrected chi connectivity index (χ0v) is 6.50. The van der Waals surface area contributed by atoms with Gasteiger partial charge in [0.25, 0.3) is 0 Å². The van der Waals surface area contributed by atoms with Gasteiger partial charge in [-0.15, -0.1) is 0 Å². The summed E-state index contributed by atoms with van der Waals surface area (Å²) in [6.07, 6.45) is 1.00. The van der Waals surface area contributed by atoms with E-state index in [0.717, 1.165) is 6.42 Å². The van der Waals surface area contributed by atoms with Crippen LogP contribution in [-0.2, 0) is 0 Å². The molecule has 0 heterocycles. The van der Waals surface area contributed by atoms with Gasteiger partial charge in [0.1, 0.15) is 0 Å². The standard InChI is InChI=1S/C3H7.BrH.Mg/c1-3-2;;/h1,3H2,2H3;1H;/q-1;;+2/p-1. The molecule has 5 heavy (non-hydrogen) atoms. The Hall–Kier alpha value is 1.25. The first-order valence-electron chi connectivity index (χ1n) is 1.21. The summed E-state index contributed by atoms with van der Waals surface area (Å²) in [5.74, 6) is 0. The molecule has 0 rings (SSSR count). The summed E-state index contributed by atoms with van der Waals surface area (Å²) in [4.78, 5) is 0. The normalized spacial score (nSPS) is 3.60. The van der Waals surface area contributed by atoms with Crippen LogP contribution in [0.4, 0.5) is 0 Å². The van der Waals surface area contributed by atoms with Gasteiger partial charge in [0, 0.05) is 0 Å². The van der Waals surface area contributed by atoms with Crippen molar-refractivity contribution in [3.63, 3.8) is 0 Å². The zero-order valence-electron chi connectivity index (χ0n) is 3.50. The fourth-order valence-corrected chi connectivity index (χ4v) is 0. The third kappa shape index (κ3) is 35.6. The summed E-state index contributed by atoms with van der Waals surface area (Å²) in [5.41, 5.74) is 0. The van der Waals surface area contributed by atoms with Crippen LogP contribution in [0.15, 0.2) is 0 Å². The Bertz CT molecular complexity index is 6.85. The van der Waals surface area contributed by atoms with Gasteiger partial charge in [0.05, 0.1) is 0 Å². The van der Waals surface area contributed by atoms with E-state index in [2.05, 4.69) is 6.92 Å². The molecule has 0 amide bonds. The third-order valence-corrected chi connectivity index (χ3v) is 0. The zero-order chi connectivity index (χ0) is 2.71. The molecule has 0 N–H and O–H groups in total. The van der Waals surface area contributed by atoms with Crippen LogP contribution < -0.4 is 17.0 Å². The second kappa shape index (κ2) is 18.7. The van der Waals surface area contributed by atoms with Gasteiger partial charge < -0.3 is 23.9 Å². The van der Waals surface area contributed by atoms with E-state index in [0.29, 0.717) is 0 Å². The Labute approximate surface area is 60.3 Å². The summed E-state index contributed by atoms with van der Waals surface area (Å²) in [6.45, 7) is 5.50. The average Bonchev–Trinajstić information content (AvgIpc) is 0.918. The first-order chi connectivity index (χ1) is 1.41. The van der Waals surface area contributed by atoms with Gasteiger partial charge >= 0.3 is 23.1 Å². The SMILES string of the molecule is [Br-].[CH2-]CC.[Mg+2]. The second-order valence-corrected chi connectivity index (χ2v) is 0.500. The fourth-order valence-electron chi connectivity index (χ4n) is 0. The van der Waals surface area contributed by atoms with Crippen molar-refractivity contribution in [1.29, 1.82) is 0 Å². The van der Waals surface area contributed by atoms with Gasteiger partial charge in [-0.25, -0.2) is 0 Å². The van der Waals surface area contributed by atoms with E-state index in [1.54, 1.807) is 0 Å². The first-order valence-corrected chi connectivity index (χ1v) is 1.21. The van der Waals surface area contributed by atoms with Crippen molar-refractivity contribution in [2.75, 3.05) is 0 Å². The van der Waals surface area contributed by atoms with E-state index >= 15 is 0 Å². The molecule has 0 nitrogen and oxygen atoms in total. The largest absolute Gasteiger partial charge is 2.00 e. The summed E-state index contributed by atoms with van der Waals surface area (Å²) in [6, 6.07) is 0. The van der Waals surface area contributed by atoms with Crippen LogP contribution in [0.3, 0.4) is 0 Å². The molecule has 0 spiro atoms. The van der Waals surface area contributed by atoms with E-state index in [1.165, 1.54) is 0 Å². The summed E-state index contributed by atoms with van der Waals surface area (Å²) >= 11 is 0. The molecular weight excluding hydrogens is 140 g/mol.